The van der Waals surface area contributed by atoms with E-state index in [2.05, 4.69) is 37.2 Å². The molecule has 134 valence electrons. The van der Waals surface area contributed by atoms with Crippen LogP contribution in [0.1, 0.15) is 31.4 Å². The SMILES string of the molecule is Cc1cc(Nc2nc(N[C@@H]3C[C@H]4CC5C[C@@H](C3)N54)nc3sccc23)n[nH]1. The second-order valence-electron chi connectivity index (χ2n) is 7.79. The van der Waals surface area contributed by atoms with Gasteiger partial charge in [0.2, 0.25) is 5.95 Å². The predicted molar refractivity (Wildman–Crippen MR) is 103 cm³/mol. The molecule has 0 aliphatic carbocycles. The fraction of sp³-hybridized carbons (Fsp3) is 0.500. The minimum atomic E-state index is 0.473. The standard InChI is InChI=1S/C18H21N7S/c1-9-4-15(24-23-9)20-16-14-2-3-26-17(14)22-18(21-16)19-10-5-11-7-13-8-12(6-10)25(11)13/h2-4,10-13H,5-8H2,1H3,(H3,19,20,21,22,23,24)/t10-,11+,12-,13?. The maximum atomic E-state index is 4.78. The minimum absolute atomic E-state index is 0.473. The first kappa shape index (κ1) is 14.9. The lowest BCUT2D eigenvalue weighted by Gasteiger charge is -2.66. The molecule has 7 nitrogen and oxygen atoms in total. The number of nitrogens with zero attached hydrogens (tertiary/aromatic N) is 4. The minimum Gasteiger partial charge on any atom is -0.351 e. The number of H-pyrrole nitrogens is 1. The van der Waals surface area contributed by atoms with Gasteiger partial charge in [0.15, 0.2) is 5.82 Å². The van der Waals surface area contributed by atoms with E-state index in [1.807, 2.05) is 13.0 Å². The summed E-state index contributed by atoms with van der Waals surface area (Å²) in [6.45, 7) is 1.99. The second kappa shape index (κ2) is 5.40. The zero-order valence-electron chi connectivity index (χ0n) is 14.6. The summed E-state index contributed by atoms with van der Waals surface area (Å²) in [5.41, 5.74) is 1.02. The van der Waals surface area contributed by atoms with Crippen LogP contribution in [0.3, 0.4) is 0 Å². The van der Waals surface area contributed by atoms with E-state index in [1.54, 1.807) is 11.3 Å². The first-order valence-corrected chi connectivity index (χ1v) is 10.2. The van der Waals surface area contributed by atoms with E-state index in [4.69, 9.17) is 9.97 Å². The quantitative estimate of drug-likeness (QED) is 0.657. The van der Waals surface area contributed by atoms with E-state index in [9.17, 15) is 0 Å². The van der Waals surface area contributed by atoms with Gasteiger partial charge in [-0.2, -0.15) is 10.1 Å². The van der Waals surface area contributed by atoms with Crippen LogP contribution in [0, 0.1) is 6.92 Å². The van der Waals surface area contributed by atoms with Crippen molar-refractivity contribution in [1.82, 2.24) is 25.1 Å². The Kier molecular flexibility index (Phi) is 3.10. The molecule has 3 aromatic rings. The molecular formula is C18H21N7S. The molecule has 6 rings (SSSR count). The highest BCUT2D eigenvalue weighted by Crippen LogP contribution is 2.48. The lowest BCUT2D eigenvalue weighted by atomic mass is 9.68. The van der Waals surface area contributed by atoms with Crippen molar-refractivity contribution in [2.45, 2.75) is 56.8 Å². The Bertz CT molecular complexity index is 963. The molecule has 0 aromatic carbocycles. The lowest BCUT2D eigenvalue weighted by molar-refractivity contribution is -0.146. The molecule has 3 aliphatic heterocycles. The fourth-order valence-corrected chi connectivity index (χ4v) is 5.70. The molecule has 0 radical (unpaired) electrons. The number of hydrogen-bond acceptors (Lipinski definition) is 7. The Morgan fingerprint density at radius 3 is 2.69 bits per heavy atom. The molecule has 3 saturated heterocycles. The first-order chi connectivity index (χ1) is 12.7. The van der Waals surface area contributed by atoms with Gasteiger partial charge in [0.05, 0.1) is 5.39 Å². The number of piperidine rings is 2. The summed E-state index contributed by atoms with van der Waals surface area (Å²) in [4.78, 5) is 13.2. The van der Waals surface area contributed by atoms with Gasteiger partial charge in [-0.3, -0.25) is 10.00 Å². The maximum Gasteiger partial charge on any atom is 0.226 e. The zero-order chi connectivity index (χ0) is 17.3. The molecule has 3 fully saturated rings. The van der Waals surface area contributed by atoms with Gasteiger partial charge in [-0.1, -0.05) is 0 Å². The van der Waals surface area contributed by atoms with Crippen LogP contribution in [-0.2, 0) is 0 Å². The molecule has 8 heteroatoms. The molecule has 6 heterocycles. The smallest absolute Gasteiger partial charge is 0.226 e. The normalized spacial score (nSPS) is 29.7. The van der Waals surface area contributed by atoms with E-state index in [0.717, 1.165) is 51.6 Å². The summed E-state index contributed by atoms with van der Waals surface area (Å²) >= 11 is 1.65. The predicted octanol–water partition coefficient (Wildman–Crippen LogP) is 3.26. The van der Waals surface area contributed by atoms with E-state index >= 15 is 0 Å². The lowest BCUT2D eigenvalue weighted by Crippen LogP contribution is -2.73. The number of aryl methyl sites for hydroxylation is 1. The van der Waals surface area contributed by atoms with E-state index in [-0.39, 0.29) is 0 Å². The Hall–Kier alpha value is -2.19. The van der Waals surface area contributed by atoms with Gasteiger partial charge in [-0.05, 0) is 44.1 Å². The van der Waals surface area contributed by atoms with Crippen LogP contribution >= 0.6 is 11.3 Å². The number of nitrogens with one attached hydrogen (secondary N) is 3. The highest BCUT2D eigenvalue weighted by atomic mass is 32.1. The Labute approximate surface area is 155 Å². The van der Waals surface area contributed by atoms with Gasteiger partial charge in [0.1, 0.15) is 10.6 Å². The van der Waals surface area contributed by atoms with Crippen molar-refractivity contribution >= 4 is 39.1 Å². The summed E-state index contributed by atoms with van der Waals surface area (Å²) in [5.74, 6) is 2.32. The van der Waals surface area contributed by atoms with Crippen molar-refractivity contribution in [2.24, 2.45) is 0 Å². The van der Waals surface area contributed by atoms with Crippen molar-refractivity contribution in [3.05, 3.63) is 23.2 Å². The van der Waals surface area contributed by atoms with Crippen LogP contribution in [0.25, 0.3) is 10.2 Å². The number of thiophene rings is 1. The van der Waals surface area contributed by atoms with Gasteiger partial charge < -0.3 is 10.6 Å². The Morgan fingerprint density at radius 1 is 1.15 bits per heavy atom. The molecule has 0 spiro atoms. The summed E-state index contributed by atoms with van der Waals surface area (Å²) in [6, 6.07) is 6.97. The van der Waals surface area contributed by atoms with Crippen molar-refractivity contribution in [3.8, 4) is 0 Å². The third kappa shape index (κ3) is 2.25. The monoisotopic (exact) mass is 367 g/mol. The molecule has 4 atom stereocenters. The molecule has 26 heavy (non-hydrogen) atoms. The summed E-state index contributed by atoms with van der Waals surface area (Å²) in [7, 11) is 0. The first-order valence-electron chi connectivity index (χ1n) is 9.31. The van der Waals surface area contributed by atoms with Gasteiger partial charge in [-0.15, -0.1) is 11.3 Å². The summed E-state index contributed by atoms with van der Waals surface area (Å²) in [6.07, 6.45) is 5.18. The maximum absolute atomic E-state index is 4.78. The number of aromatic amines is 1. The molecular weight excluding hydrogens is 346 g/mol. The molecule has 3 aliphatic rings. The van der Waals surface area contributed by atoms with Gasteiger partial charge in [-0.25, -0.2) is 4.98 Å². The highest BCUT2D eigenvalue weighted by molar-refractivity contribution is 7.16. The zero-order valence-corrected chi connectivity index (χ0v) is 15.4. The number of rotatable bonds is 4. The Balaban J connectivity index is 1.28. The topological polar surface area (TPSA) is 81.8 Å². The average Bonchev–Trinajstić information content (AvgIpc) is 3.19. The number of anilines is 3. The largest absolute Gasteiger partial charge is 0.351 e. The number of fused-ring (bicyclic) bond motifs is 1. The third-order valence-electron chi connectivity index (χ3n) is 6.08. The molecule has 3 aromatic heterocycles. The van der Waals surface area contributed by atoms with E-state index in [1.165, 1.54) is 25.7 Å². The van der Waals surface area contributed by atoms with Gasteiger partial charge >= 0.3 is 0 Å². The van der Waals surface area contributed by atoms with Crippen LogP contribution in [0.2, 0.25) is 0 Å². The van der Waals surface area contributed by atoms with Crippen molar-refractivity contribution in [1.29, 1.82) is 0 Å². The third-order valence-corrected chi connectivity index (χ3v) is 6.88. The van der Waals surface area contributed by atoms with Crippen molar-refractivity contribution < 1.29 is 0 Å². The number of hydrogen-bond donors (Lipinski definition) is 3. The van der Waals surface area contributed by atoms with Crippen LogP contribution in [0.15, 0.2) is 17.5 Å². The fourth-order valence-electron chi connectivity index (χ4n) is 4.94. The summed E-state index contributed by atoms with van der Waals surface area (Å²) < 4.78 is 0. The highest BCUT2D eigenvalue weighted by Gasteiger charge is 2.54. The van der Waals surface area contributed by atoms with Gasteiger partial charge in [0, 0.05) is 35.9 Å². The van der Waals surface area contributed by atoms with E-state index < -0.39 is 0 Å². The Morgan fingerprint density at radius 2 is 1.96 bits per heavy atom. The molecule has 0 saturated carbocycles. The molecule has 1 unspecified atom stereocenters. The van der Waals surface area contributed by atoms with Crippen molar-refractivity contribution in [3.63, 3.8) is 0 Å². The molecule has 0 amide bonds. The summed E-state index contributed by atoms with van der Waals surface area (Å²) in [5, 5.41) is 17.3. The number of aromatic nitrogens is 4. The van der Waals surface area contributed by atoms with Crippen molar-refractivity contribution in [2.75, 3.05) is 10.6 Å². The molecule has 0 bridgehead atoms. The second-order valence-corrected chi connectivity index (χ2v) is 8.68. The van der Waals surface area contributed by atoms with Crippen LogP contribution in [-0.4, -0.2) is 49.2 Å². The van der Waals surface area contributed by atoms with Crippen LogP contribution in [0.4, 0.5) is 17.6 Å². The van der Waals surface area contributed by atoms with Crippen LogP contribution in [0.5, 0.6) is 0 Å². The van der Waals surface area contributed by atoms with E-state index in [0.29, 0.717) is 6.04 Å². The molecule has 3 N–H and O–H groups in total. The van der Waals surface area contributed by atoms with Crippen LogP contribution < -0.4 is 10.6 Å². The van der Waals surface area contributed by atoms with Gasteiger partial charge in [0.25, 0.3) is 0 Å². The average molecular weight is 367 g/mol.